The highest BCUT2D eigenvalue weighted by Gasteiger charge is 2.28. The highest BCUT2D eigenvalue weighted by atomic mass is 35.5. The van der Waals surface area contributed by atoms with E-state index in [1.54, 1.807) is 18.2 Å². The average Bonchev–Trinajstić information content (AvgIpc) is 2.48. The monoisotopic (exact) mass is 356 g/mol. The standard InChI is InChI=1S/C18H29ClN2O3/c1-6-18(7-2,12-20-16(23)24-17(3,4)5)21-11-13-14(19)9-8-10-15(13)22/h8-10,21-22H,6-7,11-12H2,1-5H3,(H,20,23). The van der Waals surface area contributed by atoms with Crippen LogP contribution in [0.2, 0.25) is 5.02 Å². The highest BCUT2D eigenvalue weighted by Crippen LogP contribution is 2.26. The number of carbonyl (C=O) groups excluding carboxylic acids is 1. The van der Waals surface area contributed by atoms with Crippen molar-refractivity contribution < 1.29 is 14.6 Å². The van der Waals surface area contributed by atoms with Gasteiger partial charge in [0.1, 0.15) is 11.4 Å². The van der Waals surface area contributed by atoms with Crippen LogP contribution in [0.1, 0.15) is 53.0 Å². The summed E-state index contributed by atoms with van der Waals surface area (Å²) in [5, 5.41) is 16.7. The van der Waals surface area contributed by atoms with Gasteiger partial charge in [0.25, 0.3) is 0 Å². The zero-order valence-electron chi connectivity index (χ0n) is 15.2. The van der Waals surface area contributed by atoms with Crippen molar-refractivity contribution in [3.63, 3.8) is 0 Å². The van der Waals surface area contributed by atoms with E-state index in [-0.39, 0.29) is 11.3 Å². The molecule has 6 heteroatoms. The number of amides is 1. The van der Waals surface area contributed by atoms with Crippen LogP contribution < -0.4 is 10.6 Å². The van der Waals surface area contributed by atoms with Gasteiger partial charge in [-0.2, -0.15) is 0 Å². The molecule has 0 aliphatic heterocycles. The Morgan fingerprint density at radius 1 is 1.25 bits per heavy atom. The zero-order chi connectivity index (χ0) is 18.4. The number of aromatic hydroxyl groups is 1. The van der Waals surface area contributed by atoms with Crippen molar-refractivity contribution in [2.45, 2.75) is 65.1 Å². The summed E-state index contributed by atoms with van der Waals surface area (Å²) in [6, 6.07) is 5.07. The molecule has 1 amide bonds. The van der Waals surface area contributed by atoms with E-state index < -0.39 is 11.7 Å². The molecule has 0 saturated heterocycles. The Balaban J connectivity index is 2.72. The van der Waals surface area contributed by atoms with Crippen LogP contribution in [0.5, 0.6) is 5.75 Å². The maximum atomic E-state index is 11.9. The van der Waals surface area contributed by atoms with Crippen LogP contribution in [0.4, 0.5) is 4.79 Å². The zero-order valence-corrected chi connectivity index (χ0v) is 16.0. The second-order valence-corrected chi connectivity index (χ2v) is 7.34. The minimum Gasteiger partial charge on any atom is -0.508 e. The molecular weight excluding hydrogens is 328 g/mol. The summed E-state index contributed by atoms with van der Waals surface area (Å²) in [6.45, 7) is 10.5. The van der Waals surface area contributed by atoms with E-state index >= 15 is 0 Å². The summed E-state index contributed by atoms with van der Waals surface area (Å²) in [7, 11) is 0. The van der Waals surface area contributed by atoms with Crippen LogP contribution in [0.3, 0.4) is 0 Å². The SMILES string of the molecule is CCC(CC)(CNC(=O)OC(C)(C)C)NCc1c(O)cccc1Cl. The predicted molar refractivity (Wildman–Crippen MR) is 97.5 cm³/mol. The fraction of sp³-hybridized carbons (Fsp3) is 0.611. The van der Waals surface area contributed by atoms with E-state index in [0.29, 0.717) is 23.7 Å². The van der Waals surface area contributed by atoms with Crippen LogP contribution in [-0.4, -0.2) is 28.9 Å². The second-order valence-electron chi connectivity index (χ2n) is 6.93. The topological polar surface area (TPSA) is 70.6 Å². The molecule has 0 saturated carbocycles. The van der Waals surface area contributed by atoms with Crippen molar-refractivity contribution in [3.05, 3.63) is 28.8 Å². The number of rotatable bonds is 7. The summed E-state index contributed by atoms with van der Waals surface area (Å²) in [4.78, 5) is 11.9. The first-order valence-electron chi connectivity index (χ1n) is 8.30. The van der Waals surface area contributed by atoms with Gasteiger partial charge in [0.2, 0.25) is 0 Å². The molecule has 0 spiro atoms. The number of carbonyl (C=O) groups is 1. The summed E-state index contributed by atoms with van der Waals surface area (Å²) in [5.74, 6) is 0.163. The van der Waals surface area contributed by atoms with Gasteiger partial charge in [-0.15, -0.1) is 0 Å². The molecule has 0 fully saturated rings. The first-order valence-corrected chi connectivity index (χ1v) is 8.68. The number of phenolic OH excluding ortho intramolecular Hbond substituents is 1. The van der Waals surface area contributed by atoms with Gasteiger partial charge in [0.15, 0.2) is 0 Å². The molecule has 1 aromatic carbocycles. The van der Waals surface area contributed by atoms with Gasteiger partial charge in [0, 0.05) is 29.2 Å². The maximum absolute atomic E-state index is 11.9. The van der Waals surface area contributed by atoms with Crippen molar-refractivity contribution >= 4 is 17.7 Å². The Hall–Kier alpha value is -1.46. The number of benzene rings is 1. The van der Waals surface area contributed by atoms with Crippen molar-refractivity contribution in [1.29, 1.82) is 0 Å². The Labute approximate surface area is 149 Å². The molecule has 24 heavy (non-hydrogen) atoms. The van der Waals surface area contributed by atoms with E-state index in [1.165, 1.54) is 0 Å². The van der Waals surface area contributed by atoms with E-state index in [2.05, 4.69) is 24.5 Å². The largest absolute Gasteiger partial charge is 0.508 e. The third kappa shape index (κ3) is 6.21. The van der Waals surface area contributed by atoms with Gasteiger partial charge >= 0.3 is 6.09 Å². The van der Waals surface area contributed by atoms with Crippen molar-refractivity contribution in [1.82, 2.24) is 10.6 Å². The third-order valence-corrected chi connectivity index (χ3v) is 4.41. The number of halogens is 1. The molecule has 0 heterocycles. The van der Waals surface area contributed by atoms with Gasteiger partial charge < -0.3 is 20.5 Å². The summed E-state index contributed by atoms with van der Waals surface area (Å²) in [5.41, 5.74) is -0.174. The fourth-order valence-corrected chi connectivity index (χ4v) is 2.60. The minimum absolute atomic E-state index is 0.163. The molecular formula is C18H29ClN2O3. The van der Waals surface area contributed by atoms with Crippen LogP contribution in [0.25, 0.3) is 0 Å². The first kappa shape index (κ1) is 20.6. The van der Waals surface area contributed by atoms with Gasteiger partial charge in [-0.25, -0.2) is 4.79 Å². The van der Waals surface area contributed by atoms with Gasteiger partial charge in [-0.1, -0.05) is 31.5 Å². The molecule has 0 unspecified atom stereocenters. The Morgan fingerprint density at radius 3 is 2.38 bits per heavy atom. The lowest BCUT2D eigenvalue weighted by molar-refractivity contribution is 0.0507. The van der Waals surface area contributed by atoms with E-state index in [4.69, 9.17) is 16.3 Å². The molecule has 3 N–H and O–H groups in total. The highest BCUT2D eigenvalue weighted by molar-refractivity contribution is 6.31. The molecule has 0 aliphatic carbocycles. The van der Waals surface area contributed by atoms with E-state index in [9.17, 15) is 9.90 Å². The smallest absolute Gasteiger partial charge is 0.407 e. The second kappa shape index (κ2) is 8.58. The fourth-order valence-electron chi connectivity index (χ4n) is 2.37. The number of ether oxygens (including phenoxy) is 1. The Kier molecular flexibility index (Phi) is 7.36. The van der Waals surface area contributed by atoms with E-state index in [1.807, 2.05) is 20.8 Å². The van der Waals surface area contributed by atoms with Crippen LogP contribution in [0, 0.1) is 0 Å². The van der Waals surface area contributed by atoms with Crippen LogP contribution >= 0.6 is 11.6 Å². The number of phenols is 1. The van der Waals surface area contributed by atoms with Gasteiger partial charge in [-0.3, -0.25) is 0 Å². The van der Waals surface area contributed by atoms with Gasteiger partial charge in [-0.05, 0) is 45.7 Å². The quantitative estimate of drug-likeness (QED) is 0.684. The summed E-state index contributed by atoms with van der Waals surface area (Å²) in [6.07, 6.45) is 1.19. The summed E-state index contributed by atoms with van der Waals surface area (Å²) >= 11 is 6.16. The molecule has 0 radical (unpaired) electrons. The maximum Gasteiger partial charge on any atom is 0.407 e. The molecule has 5 nitrogen and oxygen atoms in total. The molecule has 0 bridgehead atoms. The van der Waals surface area contributed by atoms with Crippen molar-refractivity contribution in [3.8, 4) is 5.75 Å². The third-order valence-electron chi connectivity index (χ3n) is 4.06. The van der Waals surface area contributed by atoms with Crippen LogP contribution in [-0.2, 0) is 11.3 Å². The number of nitrogens with one attached hydrogen (secondary N) is 2. The Morgan fingerprint density at radius 2 is 1.88 bits per heavy atom. The lowest BCUT2D eigenvalue weighted by atomic mass is 9.92. The molecule has 1 rings (SSSR count). The lowest BCUT2D eigenvalue weighted by Crippen LogP contribution is -2.53. The van der Waals surface area contributed by atoms with Gasteiger partial charge in [0.05, 0.1) is 0 Å². The normalized spacial score (nSPS) is 12.1. The minimum atomic E-state index is -0.526. The lowest BCUT2D eigenvalue weighted by Gasteiger charge is -2.34. The van der Waals surface area contributed by atoms with E-state index in [0.717, 1.165) is 12.8 Å². The average molecular weight is 357 g/mol. The first-order chi connectivity index (χ1) is 11.1. The van der Waals surface area contributed by atoms with Crippen molar-refractivity contribution in [2.75, 3.05) is 6.54 Å². The summed E-state index contributed by atoms with van der Waals surface area (Å²) < 4.78 is 5.28. The molecule has 0 aromatic heterocycles. The molecule has 136 valence electrons. The predicted octanol–water partition coefficient (Wildman–Crippen LogP) is 4.22. The molecule has 0 aliphatic rings. The number of hydrogen-bond acceptors (Lipinski definition) is 4. The molecule has 1 aromatic rings. The Bertz CT molecular complexity index is 531. The van der Waals surface area contributed by atoms with Crippen molar-refractivity contribution in [2.24, 2.45) is 0 Å². The molecule has 0 atom stereocenters. The van der Waals surface area contributed by atoms with Crippen LogP contribution in [0.15, 0.2) is 18.2 Å². The number of hydrogen-bond donors (Lipinski definition) is 3. The number of alkyl carbamates (subject to hydrolysis) is 1.